The number of carbonyl (C=O) groups excluding carboxylic acids is 2. The lowest BCUT2D eigenvalue weighted by molar-refractivity contribution is -0.133. The third-order valence-corrected chi connectivity index (χ3v) is 7.29. The first-order valence-electron chi connectivity index (χ1n) is 11.8. The predicted molar refractivity (Wildman–Crippen MR) is 132 cm³/mol. The Hall–Kier alpha value is -3.10. The number of aromatic nitrogens is 1. The SMILES string of the molecule is CC(C)NCCCN1C(=O)N2[C@H](c3cccc(O)c3)c3[nH]c4cc(F)c(Cl)cc4c3C[C@@]2(C)C1=O. The van der Waals surface area contributed by atoms with Crippen LogP contribution in [0.3, 0.4) is 0 Å². The molecule has 35 heavy (non-hydrogen) atoms. The van der Waals surface area contributed by atoms with Crippen LogP contribution in [0.15, 0.2) is 36.4 Å². The first-order valence-corrected chi connectivity index (χ1v) is 12.2. The van der Waals surface area contributed by atoms with Crippen molar-refractivity contribution >= 4 is 34.4 Å². The summed E-state index contributed by atoms with van der Waals surface area (Å²) in [5.74, 6) is -0.756. The fourth-order valence-corrected chi connectivity index (χ4v) is 5.54. The first-order chi connectivity index (χ1) is 16.6. The van der Waals surface area contributed by atoms with Crippen molar-refractivity contribution in [1.82, 2.24) is 20.1 Å². The third kappa shape index (κ3) is 3.76. The Labute approximate surface area is 207 Å². The van der Waals surface area contributed by atoms with E-state index < -0.39 is 17.4 Å². The molecule has 3 heterocycles. The molecule has 7 nitrogen and oxygen atoms in total. The maximum atomic E-state index is 14.2. The molecule has 0 saturated carbocycles. The number of amides is 3. The molecule has 2 aromatic carbocycles. The molecule has 1 aromatic heterocycles. The Morgan fingerprint density at radius 1 is 1.29 bits per heavy atom. The van der Waals surface area contributed by atoms with Crippen molar-refractivity contribution in [2.75, 3.05) is 13.1 Å². The van der Waals surface area contributed by atoms with Gasteiger partial charge in [-0.05, 0) is 55.3 Å². The normalized spacial score (nSPS) is 21.8. The highest BCUT2D eigenvalue weighted by Gasteiger charge is 2.60. The minimum atomic E-state index is -1.14. The van der Waals surface area contributed by atoms with Crippen molar-refractivity contribution in [3.8, 4) is 5.75 Å². The smallest absolute Gasteiger partial charge is 0.328 e. The molecule has 2 atom stereocenters. The summed E-state index contributed by atoms with van der Waals surface area (Å²) in [6.07, 6.45) is 0.907. The van der Waals surface area contributed by atoms with Crippen LogP contribution < -0.4 is 5.32 Å². The van der Waals surface area contributed by atoms with Gasteiger partial charge in [-0.15, -0.1) is 0 Å². The van der Waals surface area contributed by atoms with Gasteiger partial charge in [-0.1, -0.05) is 37.6 Å². The van der Waals surface area contributed by atoms with Gasteiger partial charge in [0.05, 0.1) is 5.02 Å². The van der Waals surface area contributed by atoms with Crippen molar-refractivity contribution in [3.05, 3.63) is 64.1 Å². The van der Waals surface area contributed by atoms with Crippen LogP contribution in [0.1, 0.15) is 50.1 Å². The summed E-state index contributed by atoms with van der Waals surface area (Å²) in [6, 6.07) is 8.83. The lowest BCUT2D eigenvalue weighted by Gasteiger charge is -2.42. The molecule has 0 bridgehead atoms. The zero-order chi connectivity index (χ0) is 25.1. The van der Waals surface area contributed by atoms with E-state index >= 15 is 0 Å². The molecular weight excluding hydrogens is 471 g/mol. The number of benzene rings is 2. The van der Waals surface area contributed by atoms with Gasteiger partial charge >= 0.3 is 6.03 Å². The van der Waals surface area contributed by atoms with E-state index in [2.05, 4.69) is 10.3 Å². The number of fused-ring (bicyclic) bond motifs is 4. The van der Waals surface area contributed by atoms with E-state index in [0.29, 0.717) is 42.3 Å². The average Bonchev–Trinajstić information content (AvgIpc) is 3.22. The molecule has 184 valence electrons. The van der Waals surface area contributed by atoms with Crippen LogP contribution in [0.4, 0.5) is 9.18 Å². The van der Waals surface area contributed by atoms with E-state index in [0.717, 1.165) is 10.9 Å². The van der Waals surface area contributed by atoms with Crippen LogP contribution in [-0.4, -0.2) is 56.5 Å². The number of H-pyrrole nitrogens is 1. The molecule has 0 radical (unpaired) electrons. The van der Waals surface area contributed by atoms with E-state index in [9.17, 15) is 19.1 Å². The summed E-state index contributed by atoms with van der Waals surface area (Å²) in [5, 5.41) is 14.2. The lowest BCUT2D eigenvalue weighted by Crippen LogP contribution is -2.53. The number of phenolic OH excluding ortho intramolecular Hbond substituents is 1. The van der Waals surface area contributed by atoms with Crippen molar-refractivity contribution in [3.63, 3.8) is 0 Å². The van der Waals surface area contributed by atoms with Crippen molar-refractivity contribution in [2.45, 2.75) is 51.2 Å². The summed E-state index contributed by atoms with van der Waals surface area (Å²) >= 11 is 6.11. The molecule has 1 saturated heterocycles. The maximum Gasteiger partial charge on any atom is 0.328 e. The number of hydrogen-bond acceptors (Lipinski definition) is 4. The molecule has 2 aliphatic heterocycles. The largest absolute Gasteiger partial charge is 0.508 e. The zero-order valence-electron chi connectivity index (χ0n) is 19.9. The van der Waals surface area contributed by atoms with Gasteiger partial charge in [0.15, 0.2) is 0 Å². The number of rotatable bonds is 6. The van der Waals surface area contributed by atoms with Crippen LogP contribution in [0.25, 0.3) is 10.9 Å². The van der Waals surface area contributed by atoms with Gasteiger partial charge in [-0.3, -0.25) is 14.6 Å². The zero-order valence-corrected chi connectivity index (χ0v) is 20.6. The monoisotopic (exact) mass is 498 g/mol. The van der Waals surface area contributed by atoms with Gasteiger partial charge in [0.2, 0.25) is 0 Å². The Kier molecular flexibility index (Phi) is 5.76. The number of nitrogens with zero attached hydrogens (tertiary/aromatic N) is 2. The minimum absolute atomic E-state index is 0.00566. The molecule has 2 aliphatic rings. The van der Waals surface area contributed by atoms with Crippen LogP contribution in [-0.2, 0) is 11.2 Å². The second kappa shape index (κ2) is 8.53. The molecular formula is C26H28ClFN4O3. The van der Waals surface area contributed by atoms with Crippen molar-refractivity contribution in [1.29, 1.82) is 0 Å². The second-order valence-electron chi connectivity index (χ2n) is 9.85. The van der Waals surface area contributed by atoms with Crippen LogP contribution >= 0.6 is 11.6 Å². The molecule has 0 aliphatic carbocycles. The number of carbonyl (C=O) groups is 2. The van der Waals surface area contributed by atoms with Gasteiger partial charge in [-0.2, -0.15) is 0 Å². The third-order valence-electron chi connectivity index (χ3n) is 7.00. The first kappa shape index (κ1) is 23.6. The molecule has 0 unspecified atom stereocenters. The Balaban J connectivity index is 1.63. The number of aromatic hydroxyl groups is 1. The van der Waals surface area contributed by atoms with E-state index in [-0.39, 0.29) is 29.1 Å². The lowest BCUT2D eigenvalue weighted by atomic mass is 9.81. The molecule has 5 rings (SSSR count). The highest BCUT2D eigenvalue weighted by Crippen LogP contribution is 2.49. The van der Waals surface area contributed by atoms with Gasteiger partial charge in [0.25, 0.3) is 5.91 Å². The molecule has 1 fully saturated rings. The Morgan fingerprint density at radius 2 is 2.06 bits per heavy atom. The summed E-state index contributed by atoms with van der Waals surface area (Å²) < 4.78 is 14.2. The Morgan fingerprint density at radius 3 is 2.77 bits per heavy atom. The molecule has 9 heteroatoms. The Bertz CT molecular complexity index is 1340. The number of phenols is 1. The topological polar surface area (TPSA) is 88.7 Å². The number of urea groups is 1. The number of hydrogen-bond donors (Lipinski definition) is 3. The maximum absolute atomic E-state index is 14.2. The predicted octanol–water partition coefficient (Wildman–Crippen LogP) is 4.72. The summed E-state index contributed by atoms with van der Waals surface area (Å²) in [7, 11) is 0. The van der Waals surface area contributed by atoms with Gasteiger partial charge in [0.1, 0.15) is 23.1 Å². The fourth-order valence-electron chi connectivity index (χ4n) is 5.38. The molecule has 3 amide bonds. The number of halogens is 2. The number of imide groups is 1. The van der Waals surface area contributed by atoms with Gasteiger partial charge in [0, 0.05) is 35.6 Å². The quantitative estimate of drug-likeness (QED) is 0.339. The van der Waals surface area contributed by atoms with E-state index in [1.165, 1.54) is 11.0 Å². The van der Waals surface area contributed by atoms with E-state index in [1.54, 1.807) is 36.1 Å². The fraction of sp³-hybridized carbons (Fsp3) is 0.385. The second-order valence-corrected chi connectivity index (χ2v) is 10.3. The minimum Gasteiger partial charge on any atom is -0.508 e. The van der Waals surface area contributed by atoms with Crippen molar-refractivity contribution < 1.29 is 19.1 Å². The van der Waals surface area contributed by atoms with Crippen LogP contribution in [0.5, 0.6) is 5.75 Å². The average molecular weight is 499 g/mol. The molecule has 3 aromatic rings. The molecule has 0 spiro atoms. The van der Waals surface area contributed by atoms with E-state index in [1.807, 2.05) is 19.9 Å². The van der Waals surface area contributed by atoms with Gasteiger partial charge in [-0.25, -0.2) is 9.18 Å². The van der Waals surface area contributed by atoms with E-state index in [4.69, 9.17) is 11.6 Å². The summed E-state index contributed by atoms with van der Waals surface area (Å²) in [5.41, 5.74) is 1.57. The molecule has 3 N–H and O–H groups in total. The number of aromatic amines is 1. The highest BCUT2D eigenvalue weighted by molar-refractivity contribution is 6.31. The summed E-state index contributed by atoms with van der Waals surface area (Å²) in [6.45, 7) is 6.87. The summed E-state index contributed by atoms with van der Waals surface area (Å²) in [4.78, 5) is 33.7. The van der Waals surface area contributed by atoms with Crippen LogP contribution in [0, 0.1) is 5.82 Å². The highest BCUT2D eigenvalue weighted by atomic mass is 35.5. The van der Waals surface area contributed by atoms with Crippen LogP contribution in [0.2, 0.25) is 5.02 Å². The van der Waals surface area contributed by atoms with Gasteiger partial charge < -0.3 is 15.4 Å². The number of nitrogens with one attached hydrogen (secondary N) is 2. The van der Waals surface area contributed by atoms with Crippen molar-refractivity contribution in [2.24, 2.45) is 0 Å². The standard InChI is InChI=1S/C26H28ClFN4O3/c1-14(2)29-8-5-9-31-24(34)26(3)13-18-17-11-19(27)20(28)12-21(17)30-22(18)23(32(26)25(31)35)15-6-4-7-16(33)10-15/h4,6-7,10-12,14,23,29-30,33H,5,8-9,13H2,1-3H3/t23-,26+/m1/s1.